The molecule has 2 aromatic rings. The van der Waals surface area contributed by atoms with E-state index in [-0.39, 0.29) is 36.1 Å². The topological polar surface area (TPSA) is 109 Å². The maximum absolute atomic E-state index is 12.4. The molecule has 26 heavy (non-hydrogen) atoms. The number of hydrogen-bond acceptors (Lipinski definition) is 5. The highest BCUT2D eigenvalue weighted by atomic mass is 16.5. The Labute approximate surface area is 149 Å². The lowest BCUT2D eigenvalue weighted by Gasteiger charge is -2.26. The van der Waals surface area contributed by atoms with Crippen molar-refractivity contribution in [3.8, 4) is 5.75 Å². The van der Waals surface area contributed by atoms with E-state index in [1.54, 1.807) is 38.2 Å². The molecule has 1 aliphatic rings. The van der Waals surface area contributed by atoms with Crippen LogP contribution in [0.4, 0.5) is 5.69 Å². The summed E-state index contributed by atoms with van der Waals surface area (Å²) < 4.78 is 11.0. The third-order valence-electron chi connectivity index (χ3n) is 4.08. The Morgan fingerprint density at radius 3 is 2.73 bits per heavy atom. The molecule has 0 spiro atoms. The van der Waals surface area contributed by atoms with Crippen LogP contribution in [0, 0.1) is 6.92 Å². The molecule has 136 valence electrons. The Balaban J connectivity index is 1.63. The summed E-state index contributed by atoms with van der Waals surface area (Å²) in [4.78, 5) is 36.9. The summed E-state index contributed by atoms with van der Waals surface area (Å²) in [5, 5.41) is 11.8. The number of fused-ring (bicyclic) bond motifs is 1. The van der Waals surface area contributed by atoms with E-state index >= 15 is 0 Å². The summed E-state index contributed by atoms with van der Waals surface area (Å²) in [6.45, 7) is 1.64. The predicted octanol–water partition coefficient (Wildman–Crippen LogP) is 2.03. The van der Waals surface area contributed by atoms with Crippen LogP contribution in [0.15, 0.2) is 34.7 Å². The van der Waals surface area contributed by atoms with Crippen LogP contribution in [0.1, 0.15) is 28.3 Å². The first-order chi connectivity index (χ1) is 12.3. The average Bonchev–Trinajstić information content (AvgIpc) is 2.96. The molecule has 8 nitrogen and oxygen atoms in total. The van der Waals surface area contributed by atoms with E-state index in [4.69, 9.17) is 14.3 Å². The fourth-order valence-electron chi connectivity index (χ4n) is 2.70. The molecule has 0 fully saturated rings. The largest absolute Gasteiger partial charge is 0.478 e. The van der Waals surface area contributed by atoms with Crippen molar-refractivity contribution < 1.29 is 28.6 Å². The number of ether oxygens (including phenoxy) is 1. The second-order valence-electron chi connectivity index (χ2n) is 6.03. The van der Waals surface area contributed by atoms with Gasteiger partial charge in [-0.25, -0.2) is 4.79 Å². The molecule has 2 N–H and O–H groups in total. The van der Waals surface area contributed by atoms with Crippen molar-refractivity contribution in [1.29, 1.82) is 0 Å². The maximum atomic E-state index is 12.4. The smallest absolute Gasteiger partial charge is 0.339 e. The lowest BCUT2D eigenvalue weighted by molar-refractivity contribution is -0.136. The summed E-state index contributed by atoms with van der Waals surface area (Å²) in [6, 6.07) is 8.38. The van der Waals surface area contributed by atoms with E-state index in [9.17, 15) is 14.4 Å². The van der Waals surface area contributed by atoms with Crippen LogP contribution in [-0.2, 0) is 16.1 Å². The number of aryl methyl sites for hydroxylation is 1. The minimum absolute atomic E-state index is 0.0625. The Bertz CT molecular complexity index is 872. The molecule has 3 rings (SSSR count). The zero-order valence-electron chi connectivity index (χ0n) is 14.3. The molecule has 1 aromatic carbocycles. The Kier molecular flexibility index (Phi) is 4.66. The fourth-order valence-corrected chi connectivity index (χ4v) is 2.70. The summed E-state index contributed by atoms with van der Waals surface area (Å²) >= 11 is 0. The van der Waals surface area contributed by atoms with Crippen molar-refractivity contribution in [2.24, 2.45) is 0 Å². The van der Waals surface area contributed by atoms with Crippen LogP contribution < -0.4 is 10.1 Å². The standard InChI is InChI=1S/C18H18N2O6/c1-10-12(18(23)24)7-11(25-10)9-20(2)16(21)8-15-17(22)19-13-5-3-4-6-14(13)26-15/h3-7,15H,8-9H2,1-2H3,(H,19,22)(H,23,24). The Morgan fingerprint density at radius 1 is 1.31 bits per heavy atom. The van der Waals surface area contributed by atoms with Crippen molar-refractivity contribution in [2.75, 3.05) is 12.4 Å². The highest BCUT2D eigenvalue weighted by molar-refractivity contribution is 5.99. The number of carbonyl (C=O) groups excluding carboxylic acids is 2. The number of benzene rings is 1. The number of rotatable bonds is 5. The molecule has 1 unspecified atom stereocenters. The van der Waals surface area contributed by atoms with E-state index in [2.05, 4.69) is 5.32 Å². The molecule has 1 aliphatic heterocycles. The predicted molar refractivity (Wildman–Crippen MR) is 91.0 cm³/mol. The molecular weight excluding hydrogens is 340 g/mol. The van der Waals surface area contributed by atoms with Crippen LogP contribution in [0.3, 0.4) is 0 Å². The van der Waals surface area contributed by atoms with Gasteiger partial charge in [-0.15, -0.1) is 0 Å². The quantitative estimate of drug-likeness (QED) is 0.846. The van der Waals surface area contributed by atoms with Gasteiger partial charge in [0.2, 0.25) is 5.91 Å². The number of anilines is 1. The molecule has 1 atom stereocenters. The zero-order valence-corrected chi connectivity index (χ0v) is 14.3. The Hall–Kier alpha value is -3.29. The molecular formula is C18H18N2O6. The molecule has 0 bridgehead atoms. The van der Waals surface area contributed by atoms with Crippen LogP contribution >= 0.6 is 0 Å². The van der Waals surface area contributed by atoms with Gasteiger partial charge >= 0.3 is 5.97 Å². The third-order valence-corrected chi connectivity index (χ3v) is 4.08. The zero-order chi connectivity index (χ0) is 18.8. The first-order valence-electron chi connectivity index (χ1n) is 7.98. The Morgan fingerprint density at radius 2 is 2.04 bits per heavy atom. The molecule has 0 radical (unpaired) electrons. The van der Waals surface area contributed by atoms with Crippen molar-refractivity contribution in [2.45, 2.75) is 26.0 Å². The van der Waals surface area contributed by atoms with Gasteiger partial charge in [0.1, 0.15) is 22.8 Å². The van der Waals surface area contributed by atoms with E-state index in [0.717, 1.165) is 0 Å². The van der Waals surface area contributed by atoms with Gasteiger partial charge in [-0.05, 0) is 25.1 Å². The number of nitrogens with one attached hydrogen (secondary N) is 1. The highest BCUT2D eigenvalue weighted by Crippen LogP contribution is 2.29. The number of carbonyl (C=O) groups is 3. The van der Waals surface area contributed by atoms with E-state index < -0.39 is 12.1 Å². The van der Waals surface area contributed by atoms with Crippen LogP contribution in [0.25, 0.3) is 0 Å². The summed E-state index contributed by atoms with van der Waals surface area (Å²) in [5.74, 6) is -0.643. The second-order valence-corrected chi connectivity index (χ2v) is 6.03. The van der Waals surface area contributed by atoms with Crippen LogP contribution in [0.5, 0.6) is 5.75 Å². The SMILES string of the molecule is Cc1oc(CN(C)C(=O)CC2Oc3ccccc3NC2=O)cc1C(=O)O. The van der Waals surface area contributed by atoms with Crippen molar-refractivity contribution in [3.63, 3.8) is 0 Å². The van der Waals surface area contributed by atoms with E-state index in [1.165, 1.54) is 11.0 Å². The molecule has 2 amide bonds. The number of carboxylic acids is 1. The van der Waals surface area contributed by atoms with Crippen molar-refractivity contribution in [3.05, 3.63) is 47.4 Å². The van der Waals surface area contributed by atoms with Crippen molar-refractivity contribution >= 4 is 23.5 Å². The number of furan rings is 1. The van der Waals surface area contributed by atoms with Gasteiger partial charge in [0.25, 0.3) is 5.91 Å². The maximum Gasteiger partial charge on any atom is 0.339 e. The first kappa shape index (κ1) is 17.5. The van der Waals surface area contributed by atoms with Crippen LogP contribution in [0.2, 0.25) is 0 Å². The molecule has 0 aliphatic carbocycles. The molecule has 1 aromatic heterocycles. The monoisotopic (exact) mass is 358 g/mol. The highest BCUT2D eigenvalue weighted by Gasteiger charge is 2.30. The lowest BCUT2D eigenvalue weighted by atomic mass is 10.1. The van der Waals surface area contributed by atoms with Gasteiger partial charge in [0, 0.05) is 7.05 Å². The van der Waals surface area contributed by atoms with Gasteiger partial charge in [-0.1, -0.05) is 12.1 Å². The molecule has 8 heteroatoms. The van der Waals surface area contributed by atoms with Gasteiger partial charge < -0.3 is 24.5 Å². The van der Waals surface area contributed by atoms with Gasteiger partial charge in [-0.3, -0.25) is 9.59 Å². The normalized spacial score (nSPS) is 15.6. The van der Waals surface area contributed by atoms with Crippen LogP contribution in [-0.4, -0.2) is 40.9 Å². The average molecular weight is 358 g/mol. The van der Waals surface area contributed by atoms with E-state index in [1.807, 2.05) is 0 Å². The number of amides is 2. The number of carboxylic acid groups (broad SMARTS) is 1. The van der Waals surface area contributed by atoms with Gasteiger partial charge in [0.15, 0.2) is 6.10 Å². The first-order valence-corrected chi connectivity index (χ1v) is 7.98. The summed E-state index contributed by atoms with van der Waals surface area (Å²) in [5.41, 5.74) is 0.634. The fraction of sp³-hybridized carbons (Fsp3) is 0.278. The second kappa shape index (κ2) is 6.91. The van der Waals surface area contributed by atoms with Gasteiger partial charge in [-0.2, -0.15) is 0 Å². The van der Waals surface area contributed by atoms with Gasteiger partial charge in [0.05, 0.1) is 18.7 Å². The van der Waals surface area contributed by atoms with E-state index in [0.29, 0.717) is 17.2 Å². The van der Waals surface area contributed by atoms with Crippen molar-refractivity contribution in [1.82, 2.24) is 4.90 Å². The number of nitrogens with zero attached hydrogens (tertiary/aromatic N) is 1. The minimum Gasteiger partial charge on any atom is -0.478 e. The molecule has 2 heterocycles. The molecule has 0 saturated carbocycles. The summed E-state index contributed by atoms with van der Waals surface area (Å²) in [6.07, 6.45) is -1.06. The number of hydrogen-bond donors (Lipinski definition) is 2. The third kappa shape index (κ3) is 3.53. The summed E-state index contributed by atoms with van der Waals surface area (Å²) in [7, 11) is 1.55. The minimum atomic E-state index is -1.09. The number of para-hydroxylation sites is 2. The molecule has 0 saturated heterocycles. The number of aromatic carboxylic acids is 1. The lowest BCUT2D eigenvalue weighted by Crippen LogP contribution is -2.41.